The quantitative estimate of drug-likeness (QED) is 0.379. The van der Waals surface area contributed by atoms with Crippen molar-refractivity contribution in [3.05, 3.63) is 84.4 Å². The summed E-state index contributed by atoms with van der Waals surface area (Å²) in [4.78, 5) is 13.7. The first kappa shape index (κ1) is 22.7. The first-order valence-corrected chi connectivity index (χ1v) is 12.4. The van der Waals surface area contributed by atoms with Gasteiger partial charge in [-0.3, -0.25) is 9.10 Å². The van der Waals surface area contributed by atoms with E-state index >= 15 is 0 Å². The van der Waals surface area contributed by atoms with Crippen LogP contribution in [0.3, 0.4) is 0 Å². The lowest BCUT2D eigenvalue weighted by Gasteiger charge is -2.17. The Kier molecular flexibility index (Phi) is 7.59. The van der Waals surface area contributed by atoms with E-state index in [1.807, 2.05) is 18.2 Å². The minimum atomic E-state index is -3.38. The lowest BCUT2D eigenvalue weighted by atomic mass is 10.2. The normalized spacial score (nSPS) is 11.0. The van der Waals surface area contributed by atoms with Crippen LogP contribution in [0.1, 0.15) is 10.4 Å². The van der Waals surface area contributed by atoms with Crippen molar-refractivity contribution in [2.75, 3.05) is 35.3 Å². The van der Waals surface area contributed by atoms with Gasteiger partial charge in [0.05, 0.1) is 18.6 Å². The Bertz CT molecular complexity index is 1120. The number of amides is 1. The van der Waals surface area contributed by atoms with Crippen LogP contribution in [0.15, 0.2) is 83.8 Å². The Hall–Kier alpha value is -2.97. The smallest absolute Gasteiger partial charge is 0.255 e. The maximum atomic E-state index is 12.5. The van der Waals surface area contributed by atoms with Gasteiger partial charge in [0.2, 0.25) is 10.0 Å². The Balaban J connectivity index is 1.53. The molecule has 162 valence electrons. The van der Waals surface area contributed by atoms with Gasteiger partial charge in [-0.15, -0.1) is 11.8 Å². The highest BCUT2D eigenvalue weighted by Gasteiger charge is 2.13. The number of thioether (sulfide) groups is 1. The summed E-state index contributed by atoms with van der Waals surface area (Å²) >= 11 is 1.72. The lowest BCUT2D eigenvalue weighted by Crippen LogP contribution is -2.24. The van der Waals surface area contributed by atoms with Crippen LogP contribution in [0.2, 0.25) is 0 Å². The van der Waals surface area contributed by atoms with Crippen molar-refractivity contribution in [3.63, 3.8) is 0 Å². The molecule has 0 aliphatic heterocycles. The van der Waals surface area contributed by atoms with Crippen molar-refractivity contribution < 1.29 is 17.9 Å². The summed E-state index contributed by atoms with van der Waals surface area (Å²) in [6, 6.07) is 23.7. The Morgan fingerprint density at radius 3 is 2.39 bits per heavy atom. The Morgan fingerprint density at radius 1 is 1.00 bits per heavy atom. The van der Waals surface area contributed by atoms with Gasteiger partial charge in [0.25, 0.3) is 5.91 Å². The minimum absolute atomic E-state index is 0.287. The summed E-state index contributed by atoms with van der Waals surface area (Å²) in [5, 5.41) is 2.79. The van der Waals surface area contributed by atoms with E-state index in [0.717, 1.165) is 16.3 Å². The zero-order valence-corrected chi connectivity index (χ0v) is 18.9. The summed E-state index contributed by atoms with van der Waals surface area (Å²) in [7, 11) is -1.91. The Morgan fingerprint density at radius 2 is 1.71 bits per heavy atom. The SMILES string of the molecule is CN(c1cccc(NC(=O)c2ccc(OCCSc3ccccc3)cc2)c1)S(C)(=O)=O. The van der Waals surface area contributed by atoms with Crippen LogP contribution >= 0.6 is 11.8 Å². The van der Waals surface area contributed by atoms with E-state index in [0.29, 0.717) is 29.3 Å². The number of hydrogen-bond donors (Lipinski definition) is 1. The highest BCUT2D eigenvalue weighted by Crippen LogP contribution is 2.22. The predicted octanol–water partition coefficient (Wildman–Crippen LogP) is 4.51. The fourth-order valence-corrected chi connectivity index (χ4v) is 3.96. The zero-order chi connectivity index (χ0) is 22.3. The third kappa shape index (κ3) is 6.77. The van der Waals surface area contributed by atoms with Crippen LogP contribution in [-0.2, 0) is 10.0 Å². The molecule has 0 heterocycles. The molecule has 3 aromatic rings. The van der Waals surface area contributed by atoms with Gasteiger partial charge in [0.1, 0.15) is 5.75 Å². The summed E-state index contributed by atoms with van der Waals surface area (Å²) in [5.41, 5.74) is 1.46. The molecule has 1 N–H and O–H groups in total. The molecule has 0 spiro atoms. The summed E-state index contributed by atoms with van der Waals surface area (Å²) in [5.74, 6) is 1.23. The summed E-state index contributed by atoms with van der Waals surface area (Å²) in [6.07, 6.45) is 1.13. The van der Waals surface area contributed by atoms with Gasteiger partial charge in [0, 0.05) is 28.9 Å². The largest absolute Gasteiger partial charge is 0.493 e. The molecule has 31 heavy (non-hydrogen) atoms. The molecule has 3 aromatic carbocycles. The number of benzene rings is 3. The van der Waals surface area contributed by atoms with E-state index in [9.17, 15) is 13.2 Å². The molecular weight excluding hydrogens is 432 g/mol. The maximum absolute atomic E-state index is 12.5. The van der Waals surface area contributed by atoms with Crippen LogP contribution in [-0.4, -0.2) is 40.0 Å². The molecule has 0 unspecified atom stereocenters. The highest BCUT2D eigenvalue weighted by atomic mass is 32.2. The van der Waals surface area contributed by atoms with Crippen LogP contribution in [0.5, 0.6) is 5.75 Å². The van der Waals surface area contributed by atoms with Gasteiger partial charge in [0.15, 0.2) is 0 Å². The van der Waals surface area contributed by atoms with Gasteiger partial charge in [-0.1, -0.05) is 24.3 Å². The van der Waals surface area contributed by atoms with Gasteiger partial charge in [-0.25, -0.2) is 8.42 Å². The molecule has 0 fully saturated rings. The lowest BCUT2D eigenvalue weighted by molar-refractivity contribution is 0.102. The van der Waals surface area contributed by atoms with Crippen molar-refractivity contribution >= 4 is 39.1 Å². The molecular formula is C23H24N2O4S2. The second-order valence-electron chi connectivity index (χ2n) is 6.77. The average Bonchev–Trinajstić information content (AvgIpc) is 2.77. The average molecular weight is 457 g/mol. The number of ether oxygens (including phenoxy) is 1. The van der Waals surface area contributed by atoms with Gasteiger partial charge >= 0.3 is 0 Å². The van der Waals surface area contributed by atoms with E-state index in [1.165, 1.54) is 11.9 Å². The predicted molar refractivity (Wildman–Crippen MR) is 127 cm³/mol. The third-order valence-electron chi connectivity index (χ3n) is 4.45. The van der Waals surface area contributed by atoms with Crippen LogP contribution in [0.25, 0.3) is 0 Å². The third-order valence-corrected chi connectivity index (χ3v) is 6.63. The van der Waals surface area contributed by atoms with Crippen molar-refractivity contribution in [1.82, 2.24) is 0 Å². The number of carbonyl (C=O) groups is 1. The molecule has 0 aromatic heterocycles. The maximum Gasteiger partial charge on any atom is 0.255 e. The first-order valence-electron chi connectivity index (χ1n) is 9.59. The molecule has 0 atom stereocenters. The van der Waals surface area contributed by atoms with Crippen molar-refractivity contribution in [2.24, 2.45) is 0 Å². The van der Waals surface area contributed by atoms with Gasteiger partial charge in [-0.2, -0.15) is 0 Å². The zero-order valence-electron chi connectivity index (χ0n) is 17.3. The van der Waals surface area contributed by atoms with Crippen molar-refractivity contribution in [1.29, 1.82) is 0 Å². The molecule has 3 rings (SSSR count). The molecule has 0 aliphatic rings. The fraction of sp³-hybridized carbons (Fsp3) is 0.174. The van der Waals surface area contributed by atoms with Crippen LogP contribution in [0.4, 0.5) is 11.4 Å². The van der Waals surface area contributed by atoms with Crippen molar-refractivity contribution in [3.8, 4) is 5.75 Å². The number of rotatable bonds is 9. The van der Waals surface area contributed by atoms with Gasteiger partial charge in [-0.05, 0) is 54.6 Å². The second kappa shape index (κ2) is 10.4. The number of carbonyl (C=O) groups excluding carboxylic acids is 1. The molecule has 8 heteroatoms. The van der Waals surface area contributed by atoms with Crippen LogP contribution in [0, 0.1) is 0 Å². The first-order chi connectivity index (χ1) is 14.8. The molecule has 1 amide bonds. The van der Waals surface area contributed by atoms with Gasteiger partial charge < -0.3 is 10.1 Å². The molecule has 0 radical (unpaired) electrons. The number of hydrogen-bond acceptors (Lipinski definition) is 5. The van der Waals surface area contributed by atoms with E-state index in [2.05, 4.69) is 17.4 Å². The summed E-state index contributed by atoms with van der Waals surface area (Å²) < 4.78 is 30.3. The number of nitrogens with zero attached hydrogens (tertiary/aromatic N) is 1. The highest BCUT2D eigenvalue weighted by molar-refractivity contribution is 7.99. The summed E-state index contributed by atoms with van der Waals surface area (Å²) in [6.45, 7) is 0.561. The minimum Gasteiger partial charge on any atom is -0.493 e. The van der Waals surface area contributed by atoms with E-state index < -0.39 is 10.0 Å². The molecule has 0 saturated carbocycles. The monoisotopic (exact) mass is 456 g/mol. The van der Waals surface area contributed by atoms with E-state index in [1.54, 1.807) is 60.3 Å². The van der Waals surface area contributed by atoms with E-state index in [4.69, 9.17) is 4.74 Å². The molecule has 0 bridgehead atoms. The second-order valence-corrected chi connectivity index (χ2v) is 9.95. The molecule has 0 saturated heterocycles. The standard InChI is InChI=1S/C23H24N2O4S2/c1-25(31(2,27)28)20-8-6-7-19(17-20)24-23(26)18-11-13-21(14-12-18)29-15-16-30-22-9-4-3-5-10-22/h3-14,17H,15-16H2,1-2H3,(H,24,26). The number of sulfonamides is 1. The van der Waals surface area contributed by atoms with Crippen molar-refractivity contribution in [2.45, 2.75) is 4.90 Å². The molecule has 6 nitrogen and oxygen atoms in total. The number of nitrogens with one attached hydrogen (secondary N) is 1. The van der Waals surface area contributed by atoms with E-state index in [-0.39, 0.29) is 5.91 Å². The topological polar surface area (TPSA) is 75.7 Å². The fourth-order valence-electron chi connectivity index (χ4n) is 2.71. The Labute approximate surface area is 187 Å². The molecule has 0 aliphatic carbocycles. The van der Waals surface area contributed by atoms with Crippen LogP contribution < -0.4 is 14.4 Å². The number of anilines is 2.